The van der Waals surface area contributed by atoms with E-state index in [0.717, 1.165) is 4.90 Å². The number of rotatable bonds is 1. The minimum Gasteiger partial charge on any atom is -0.465 e. The van der Waals surface area contributed by atoms with Crippen molar-refractivity contribution in [1.82, 2.24) is 14.9 Å². The van der Waals surface area contributed by atoms with Gasteiger partial charge in [0.25, 0.3) is 0 Å². The quantitative estimate of drug-likeness (QED) is 0.875. The van der Waals surface area contributed by atoms with Crippen molar-refractivity contribution in [2.24, 2.45) is 0 Å². The van der Waals surface area contributed by atoms with Gasteiger partial charge in [0, 0.05) is 17.7 Å². The van der Waals surface area contributed by atoms with Gasteiger partial charge in [-0.1, -0.05) is 30.3 Å². The molecule has 0 saturated carbocycles. The predicted molar refractivity (Wildman–Crippen MR) is 74.6 cm³/mol. The van der Waals surface area contributed by atoms with Crippen molar-refractivity contribution in [3.8, 4) is 11.4 Å². The van der Waals surface area contributed by atoms with Crippen LogP contribution in [-0.4, -0.2) is 32.6 Å². The molecule has 0 fully saturated rings. The number of aromatic nitrogens is 2. The second kappa shape index (κ2) is 5.53. The fourth-order valence-corrected chi connectivity index (χ4v) is 2.54. The maximum absolute atomic E-state index is 13.3. The number of carboxylic acid groups (broad SMARTS) is 1. The summed E-state index contributed by atoms with van der Waals surface area (Å²) in [6.07, 6.45) is -5.84. The first-order valence-electron chi connectivity index (χ1n) is 6.86. The molecule has 0 spiro atoms. The van der Waals surface area contributed by atoms with Crippen molar-refractivity contribution < 1.29 is 23.1 Å². The number of fused-ring (bicyclic) bond motifs is 1. The number of halogens is 3. The molecule has 0 bridgehead atoms. The SMILES string of the molecule is O=C(O)N1CCc2c(nc(-c3ccccc3)nc2C(F)(F)F)C1. The lowest BCUT2D eigenvalue weighted by atomic mass is 10.0. The molecule has 0 aliphatic carbocycles. The fourth-order valence-electron chi connectivity index (χ4n) is 2.54. The van der Waals surface area contributed by atoms with Crippen LogP contribution < -0.4 is 0 Å². The van der Waals surface area contributed by atoms with E-state index in [0.29, 0.717) is 5.56 Å². The van der Waals surface area contributed by atoms with Crippen LogP contribution in [-0.2, 0) is 19.1 Å². The zero-order chi connectivity index (χ0) is 16.6. The van der Waals surface area contributed by atoms with Crippen LogP contribution in [0.25, 0.3) is 11.4 Å². The maximum atomic E-state index is 13.3. The van der Waals surface area contributed by atoms with E-state index in [9.17, 15) is 18.0 Å². The molecule has 2 aromatic rings. The molecule has 0 atom stereocenters. The second-order valence-electron chi connectivity index (χ2n) is 5.14. The molecule has 1 amide bonds. The second-order valence-corrected chi connectivity index (χ2v) is 5.14. The van der Waals surface area contributed by atoms with Crippen molar-refractivity contribution in [3.05, 3.63) is 47.3 Å². The number of nitrogens with zero attached hydrogens (tertiary/aromatic N) is 3. The number of hydrogen-bond acceptors (Lipinski definition) is 3. The van der Waals surface area contributed by atoms with E-state index in [1.54, 1.807) is 30.3 Å². The molecule has 3 rings (SSSR count). The van der Waals surface area contributed by atoms with Gasteiger partial charge in [-0.2, -0.15) is 13.2 Å². The highest BCUT2D eigenvalue weighted by Gasteiger charge is 2.39. The number of carbonyl (C=O) groups is 1. The summed E-state index contributed by atoms with van der Waals surface area (Å²) < 4.78 is 39.9. The Morgan fingerprint density at radius 2 is 1.87 bits per heavy atom. The fraction of sp³-hybridized carbons (Fsp3) is 0.267. The Bertz CT molecular complexity index is 748. The summed E-state index contributed by atoms with van der Waals surface area (Å²) in [5, 5.41) is 9.04. The van der Waals surface area contributed by atoms with Crippen LogP contribution in [0.15, 0.2) is 30.3 Å². The first kappa shape index (κ1) is 15.3. The smallest absolute Gasteiger partial charge is 0.433 e. The Balaban J connectivity index is 2.14. The molecule has 1 aromatic heterocycles. The summed E-state index contributed by atoms with van der Waals surface area (Å²) in [6.45, 7) is -0.171. The third-order valence-electron chi connectivity index (χ3n) is 3.64. The summed E-state index contributed by atoms with van der Waals surface area (Å²) in [6, 6.07) is 8.31. The normalized spacial score (nSPS) is 14.5. The van der Waals surface area contributed by atoms with E-state index in [-0.39, 0.29) is 36.6 Å². The average molecular weight is 323 g/mol. The van der Waals surface area contributed by atoms with Crippen LogP contribution in [0.3, 0.4) is 0 Å². The van der Waals surface area contributed by atoms with E-state index < -0.39 is 18.0 Å². The Morgan fingerprint density at radius 1 is 1.17 bits per heavy atom. The van der Waals surface area contributed by atoms with Crippen molar-refractivity contribution in [2.75, 3.05) is 6.54 Å². The van der Waals surface area contributed by atoms with Gasteiger partial charge >= 0.3 is 12.3 Å². The van der Waals surface area contributed by atoms with Crippen LogP contribution in [0.1, 0.15) is 17.0 Å². The number of amides is 1. The van der Waals surface area contributed by atoms with E-state index in [4.69, 9.17) is 5.11 Å². The van der Waals surface area contributed by atoms with Crippen molar-refractivity contribution in [1.29, 1.82) is 0 Å². The molecule has 0 unspecified atom stereocenters. The standard InChI is InChI=1S/C15H12F3N3O2/c16-15(17,18)12-10-6-7-21(14(22)23)8-11(10)19-13(20-12)9-4-2-1-3-5-9/h1-5H,6-8H2,(H,22,23). The van der Waals surface area contributed by atoms with Gasteiger partial charge in [-0.25, -0.2) is 14.8 Å². The minimum atomic E-state index is -4.61. The Labute approximate surface area is 129 Å². The Hall–Kier alpha value is -2.64. The Kier molecular flexibility index (Phi) is 3.67. The maximum Gasteiger partial charge on any atom is 0.433 e. The molecule has 8 heteroatoms. The summed E-state index contributed by atoms with van der Waals surface area (Å²) >= 11 is 0. The van der Waals surface area contributed by atoms with Gasteiger partial charge in [0.05, 0.1) is 12.2 Å². The van der Waals surface area contributed by atoms with Crippen molar-refractivity contribution >= 4 is 6.09 Å². The molecule has 120 valence electrons. The molecule has 1 aliphatic rings. The molecule has 1 N–H and O–H groups in total. The highest BCUT2D eigenvalue weighted by Crippen LogP contribution is 2.35. The third-order valence-corrected chi connectivity index (χ3v) is 3.64. The first-order chi connectivity index (χ1) is 10.9. The van der Waals surface area contributed by atoms with Crippen LogP contribution in [0, 0.1) is 0 Å². The van der Waals surface area contributed by atoms with Gasteiger partial charge in [0.15, 0.2) is 11.5 Å². The van der Waals surface area contributed by atoms with Gasteiger partial charge in [0.2, 0.25) is 0 Å². The van der Waals surface area contributed by atoms with Crippen LogP contribution in [0.2, 0.25) is 0 Å². The predicted octanol–water partition coefficient (Wildman–Crippen LogP) is 3.20. The number of alkyl halides is 3. The molecule has 1 aromatic carbocycles. The first-order valence-corrected chi connectivity index (χ1v) is 6.86. The topological polar surface area (TPSA) is 66.3 Å². The summed E-state index contributed by atoms with van der Waals surface area (Å²) in [4.78, 5) is 20.0. The molecular weight excluding hydrogens is 311 g/mol. The molecule has 2 heterocycles. The van der Waals surface area contributed by atoms with Crippen molar-refractivity contribution in [2.45, 2.75) is 19.1 Å². The molecule has 23 heavy (non-hydrogen) atoms. The highest BCUT2D eigenvalue weighted by molar-refractivity contribution is 5.65. The zero-order valence-corrected chi connectivity index (χ0v) is 11.8. The highest BCUT2D eigenvalue weighted by atomic mass is 19.4. The molecule has 1 aliphatic heterocycles. The molecule has 0 saturated heterocycles. The number of benzene rings is 1. The molecule has 0 radical (unpaired) electrons. The minimum absolute atomic E-state index is 0.000539. The largest absolute Gasteiger partial charge is 0.465 e. The lowest BCUT2D eigenvalue weighted by Crippen LogP contribution is -2.36. The van der Waals surface area contributed by atoms with Crippen molar-refractivity contribution in [3.63, 3.8) is 0 Å². The lowest BCUT2D eigenvalue weighted by Gasteiger charge is -2.27. The van der Waals surface area contributed by atoms with E-state index in [1.165, 1.54) is 0 Å². The summed E-state index contributed by atoms with van der Waals surface area (Å²) in [5.41, 5.74) is -0.436. The molecule has 5 nitrogen and oxygen atoms in total. The average Bonchev–Trinajstić information content (AvgIpc) is 2.53. The summed E-state index contributed by atoms with van der Waals surface area (Å²) in [5.74, 6) is -0.0519. The third kappa shape index (κ3) is 2.96. The van der Waals surface area contributed by atoms with E-state index in [1.807, 2.05) is 0 Å². The van der Waals surface area contributed by atoms with E-state index >= 15 is 0 Å². The van der Waals surface area contributed by atoms with E-state index in [2.05, 4.69) is 9.97 Å². The zero-order valence-electron chi connectivity index (χ0n) is 11.8. The van der Waals surface area contributed by atoms with Gasteiger partial charge in [0.1, 0.15) is 0 Å². The van der Waals surface area contributed by atoms with Gasteiger partial charge in [-0.15, -0.1) is 0 Å². The lowest BCUT2D eigenvalue weighted by molar-refractivity contribution is -0.142. The summed E-state index contributed by atoms with van der Waals surface area (Å²) in [7, 11) is 0. The van der Waals surface area contributed by atoms with Gasteiger partial charge in [-0.05, 0) is 6.42 Å². The monoisotopic (exact) mass is 323 g/mol. The molecular formula is C15H12F3N3O2. The van der Waals surface area contributed by atoms with Crippen LogP contribution >= 0.6 is 0 Å². The number of hydrogen-bond donors (Lipinski definition) is 1. The van der Waals surface area contributed by atoms with Gasteiger partial charge in [-0.3, -0.25) is 0 Å². The Morgan fingerprint density at radius 3 is 2.48 bits per heavy atom. The van der Waals surface area contributed by atoms with Crippen LogP contribution in [0.5, 0.6) is 0 Å². The van der Waals surface area contributed by atoms with Crippen LogP contribution in [0.4, 0.5) is 18.0 Å². The van der Waals surface area contributed by atoms with Gasteiger partial charge < -0.3 is 10.0 Å².